The number of nitrogen functional groups attached to an aromatic ring is 1. The summed E-state index contributed by atoms with van der Waals surface area (Å²) in [5.74, 6) is 7.69. The fourth-order valence-electron chi connectivity index (χ4n) is 2.77. The summed E-state index contributed by atoms with van der Waals surface area (Å²) in [6.07, 6.45) is 7.31. The van der Waals surface area contributed by atoms with E-state index in [1.807, 2.05) is 0 Å². The Morgan fingerprint density at radius 1 is 1.25 bits per heavy atom. The van der Waals surface area contributed by atoms with Crippen molar-refractivity contribution in [1.82, 2.24) is 9.97 Å². The van der Waals surface area contributed by atoms with Crippen LogP contribution in [0.5, 0.6) is 0 Å². The lowest BCUT2D eigenvalue weighted by Crippen LogP contribution is -2.24. The third kappa shape index (κ3) is 3.80. The van der Waals surface area contributed by atoms with E-state index >= 15 is 0 Å². The van der Waals surface area contributed by atoms with Crippen LogP contribution in [0.3, 0.4) is 0 Å². The maximum absolute atomic E-state index is 9.53. The van der Waals surface area contributed by atoms with Gasteiger partial charge in [-0.05, 0) is 38.0 Å². The van der Waals surface area contributed by atoms with Crippen molar-refractivity contribution in [2.75, 3.05) is 17.3 Å². The summed E-state index contributed by atoms with van der Waals surface area (Å²) in [5.41, 5.74) is 3.69. The van der Waals surface area contributed by atoms with Crippen LogP contribution in [-0.2, 0) is 6.42 Å². The van der Waals surface area contributed by atoms with Gasteiger partial charge in [0.05, 0.1) is 6.10 Å². The van der Waals surface area contributed by atoms with E-state index in [9.17, 15) is 5.11 Å². The van der Waals surface area contributed by atoms with E-state index in [1.54, 1.807) is 0 Å². The van der Waals surface area contributed by atoms with Crippen molar-refractivity contribution < 1.29 is 5.11 Å². The molecule has 6 nitrogen and oxygen atoms in total. The minimum atomic E-state index is -0.103. The number of hydrogen-bond donors (Lipinski definition) is 4. The van der Waals surface area contributed by atoms with Gasteiger partial charge >= 0.3 is 0 Å². The number of aromatic nitrogens is 2. The van der Waals surface area contributed by atoms with Gasteiger partial charge in [0.15, 0.2) is 0 Å². The van der Waals surface area contributed by atoms with Crippen LogP contribution in [0.25, 0.3) is 0 Å². The Morgan fingerprint density at radius 2 is 1.95 bits per heavy atom. The number of rotatable bonds is 6. The first-order valence-electron chi connectivity index (χ1n) is 7.47. The van der Waals surface area contributed by atoms with Crippen molar-refractivity contribution in [3.05, 3.63) is 11.9 Å². The van der Waals surface area contributed by atoms with E-state index in [4.69, 9.17) is 5.84 Å². The van der Waals surface area contributed by atoms with Gasteiger partial charge in [0.2, 0.25) is 0 Å². The molecule has 20 heavy (non-hydrogen) atoms. The van der Waals surface area contributed by atoms with Crippen LogP contribution >= 0.6 is 0 Å². The van der Waals surface area contributed by atoms with Crippen LogP contribution < -0.4 is 16.6 Å². The zero-order chi connectivity index (χ0) is 14.4. The summed E-state index contributed by atoms with van der Waals surface area (Å²) in [4.78, 5) is 8.50. The minimum Gasteiger partial charge on any atom is -0.393 e. The first-order chi connectivity index (χ1) is 9.74. The normalized spacial score (nSPS) is 22.6. The Hall–Kier alpha value is -1.40. The number of hydrogen-bond acceptors (Lipinski definition) is 6. The Balaban J connectivity index is 1.98. The predicted octanol–water partition coefficient (Wildman–Crippen LogP) is 1.68. The molecule has 1 saturated carbocycles. The molecule has 0 radical (unpaired) electrons. The molecule has 0 atom stereocenters. The van der Waals surface area contributed by atoms with Crippen LogP contribution in [0.4, 0.5) is 11.6 Å². The van der Waals surface area contributed by atoms with E-state index in [-0.39, 0.29) is 6.10 Å². The van der Waals surface area contributed by atoms with Gasteiger partial charge in [0, 0.05) is 12.1 Å². The van der Waals surface area contributed by atoms with Crippen LogP contribution in [0.15, 0.2) is 6.33 Å². The average Bonchev–Trinajstić information content (AvgIpc) is 2.48. The SMILES string of the molecule is CCCc1c(NN)ncnc1NCC1CCC(O)CC1. The highest BCUT2D eigenvalue weighted by Gasteiger charge is 2.19. The second-order valence-electron chi connectivity index (χ2n) is 5.50. The number of aliphatic hydroxyl groups excluding tert-OH is 1. The second-order valence-corrected chi connectivity index (χ2v) is 5.50. The lowest BCUT2D eigenvalue weighted by atomic mass is 9.87. The summed E-state index contributed by atoms with van der Waals surface area (Å²) in [6, 6.07) is 0. The Kier molecular flexibility index (Phi) is 5.55. The van der Waals surface area contributed by atoms with Crippen LogP contribution in [0, 0.1) is 5.92 Å². The monoisotopic (exact) mass is 279 g/mol. The smallest absolute Gasteiger partial charge is 0.148 e. The fourth-order valence-corrected chi connectivity index (χ4v) is 2.77. The van der Waals surface area contributed by atoms with Gasteiger partial charge in [-0.25, -0.2) is 15.8 Å². The molecule has 0 aromatic carbocycles. The highest BCUT2D eigenvalue weighted by Crippen LogP contribution is 2.26. The lowest BCUT2D eigenvalue weighted by molar-refractivity contribution is 0.111. The summed E-state index contributed by atoms with van der Waals surface area (Å²) >= 11 is 0. The number of nitrogens with one attached hydrogen (secondary N) is 2. The molecule has 0 spiro atoms. The molecule has 6 heteroatoms. The molecule has 0 saturated heterocycles. The van der Waals surface area contributed by atoms with Gasteiger partial charge in [0.25, 0.3) is 0 Å². The van der Waals surface area contributed by atoms with E-state index in [0.717, 1.165) is 56.5 Å². The largest absolute Gasteiger partial charge is 0.393 e. The molecule has 0 bridgehead atoms. The van der Waals surface area contributed by atoms with Crippen molar-refractivity contribution in [3.8, 4) is 0 Å². The molecular weight excluding hydrogens is 254 g/mol. The molecule has 1 aromatic heterocycles. The van der Waals surface area contributed by atoms with Crippen molar-refractivity contribution in [1.29, 1.82) is 0 Å². The van der Waals surface area contributed by atoms with Gasteiger partial charge in [-0.15, -0.1) is 0 Å². The highest BCUT2D eigenvalue weighted by molar-refractivity contribution is 5.56. The van der Waals surface area contributed by atoms with E-state index in [1.165, 1.54) is 6.33 Å². The summed E-state index contributed by atoms with van der Waals surface area (Å²) < 4.78 is 0. The topological polar surface area (TPSA) is 96.1 Å². The highest BCUT2D eigenvalue weighted by atomic mass is 16.3. The number of hydrazine groups is 1. The van der Waals surface area contributed by atoms with Crippen molar-refractivity contribution >= 4 is 11.6 Å². The molecule has 112 valence electrons. The summed E-state index contributed by atoms with van der Waals surface area (Å²) in [5, 5.41) is 13.0. The zero-order valence-electron chi connectivity index (χ0n) is 12.1. The number of aliphatic hydroxyl groups is 1. The Morgan fingerprint density at radius 3 is 2.60 bits per heavy atom. The van der Waals surface area contributed by atoms with Crippen molar-refractivity contribution in [2.45, 2.75) is 51.6 Å². The third-order valence-electron chi connectivity index (χ3n) is 3.96. The van der Waals surface area contributed by atoms with Gasteiger partial charge in [0.1, 0.15) is 18.0 Å². The fraction of sp³-hybridized carbons (Fsp3) is 0.714. The van der Waals surface area contributed by atoms with Gasteiger partial charge in [-0.3, -0.25) is 0 Å². The van der Waals surface area contributed by atoms with Crippen LogP contribution in [0.1, 0.15) is 44.6 Å². The van der Waals surface area contributed by atoms with Crippen LogP contribution in [0.2, 0.25) is 0 Å². The number of anilines is 2. The molecule has 1 aliphatic rings. The van der Waals surface area contributed by atoms with Gasteiger partial charge < -0.3 is 15.8 Å². The number of nitrogens with zero attached hydrogens (tertiary/aromatic N) is 2. The number of nitrogens with two attached hydrogens (primary N) is 1. The lowest BCUT2D eigenvalue weighted by Gasteiger charge is -2.26. The van der Waals surface area contributed by atoms with E-state index in [0.29, 0.717) is 11.7 Å². The summed E-state index contributed by atoms with van der Waals surface area (Å²) in [6.45, 7) is 3.02. The standard InChI is InChI=1S/C14H25N5O/c1-2-3-12-13(17-9-18-14(12)19-15)16-8-10-4-6-11(20)7-5-10/h9-11,20H,2-8,15H2,1H3,(H2,16,17,18,19). The Bertz CT molecular complexity index is 418. The van der Waals surface area contributed by atoms with Crippen LogP contribution in [-0.4, -0.2) is 27.7 Å². The average molecular weight is 279 g/mol. The van der Waals surface area contributed by atoms with Crippen molar-refractivity contribution in [2.24, 2.45) is 11.8 Å². The molecule has 2 rings (SSSR count). The van der Waals surface area contributed by atoms with E-state index in [2.05, 4.69) is 27.6 Å². The summed E-state index contributed by atoms with van der Waals surface area (Å²) in [7, 11) is 0. The molecule has 0 unspecified atom stereocenters. The molecule has 1 fully saturated rings. The molecule has 5 N–H and O–H groups in total. The zero-order valence-corrected chi connectivity index (χ0v) is 12.1. The van der Waals surface area contributed by atoms with Crippen molar-refractivity contribution in [3.63, 3.8) is 0 Å². The molecule has 0 aliphatic heterocycles. The predicted molar refractivity (Wildman–Crippen MR) is 80.3 cm³/mol. The molecule has 1 aromatic rings. The van der Waals surface area contributed by atoms with Gasteiger partial charge in [-0.2, -0.15) is 0 Å². The molecule has 1 aliphatic carbocycles. The quantitative estimate of drug-likeness (QED) is 0.467. The van der Waals surface area contributed by atoms with E-state index < -0.39 is 0 Å². The maximum Gasteiger partial charge on any atom is 0.148 e. The molecular formula is C14H25N5O. The minimum absolute atomic E-state index is 0.103. The van der Waals surface area contributed by atoms with Gasteiger partial charge in [-0.1, -0.05) is 13.3 Å². The first kappa shape index (κ1) is 15.0. The molecule has 0 amide bonds. The first-order valence-corrected chi connectivity index (χ1v) is 7.47. The third-order valence-corrected chi connectivity index (χ3v) is 3.96. The molecule has 1 heterocycles. The second kappa shape index (κ2) is 7.40. The Labute approximate surface area is 120 Å². The maximum atomic E-state index is 9.53.